The molecule has 10 unspecified atom stereocenters. The number of carbonyl (C=O) groups is 2. The predicted molar refractivity (Wildman–Crippen MR) is 193 cm³/mol. The summed E-state index contributed by atoms with van der Waals surface area (Å²) >= 11 is 0. The van der Waals surface area contributed by atoms with Crippen LogP contribution < -0.4 is 0 Å². The van der Waals surface area contributed by atoms with E-state index in [2.05, 4.69) is 4.90 Å². The normalized spacial score (nSPS) is 35.2. The maximum absolute atomic E-state index is 13.6. The van der Waals surface area contributed by atoms with Crippen LogP contribution in [0.3, 0.4) is 0 Å². The number of hydrogen-bond acceptors (Lipinski definition) is 11. The van der Waals surface area contributed by atoms with Crippen molar-refractivity contribution in [3.05, 3.63) is 36.0 Å². The summed E-state index contributed by atoms with van der Waals surface area (Å²) in [5, 5.41) is 32.1. The Balaban J connectivity index is 1.45. The van der Waals surface area contributed by atoms with Crippen molar-refractivity contribution < 1.29 is 48.6 Å². The van der Waals surface area contributed by atoms with Crippen molar-refractivity contribution in [2.75, 3.05) is 46.5 Å². The van der Waals surface area contributed by atoms with Crippen molar-refractivity contribution in [3.63, 3.8) is 0 Å². The van der Waals surface area contributed by atoms with Crippen LogP contribution >= 0.6 is 0 Å². The van der Waals surface area contributed by atoms with Gasteiger partial charge >= 0.3 is 12.1 Å². The molecule has 0 bridgehead atoms. The summed E-state index contributed by atoms with van der Waals surface area (Å²) in [5.41, 5.74) is -1.36. The largest absolute Gasteiger partial charge is 0.457 e. The number of piperazine rings is 1. The molecule has 4 rings (SSSR count). The fourth-order valence-electron chi connectivity index (χ4n) is 7.51. The van der Waals surface area contributed by atoms with E-state index in [4.69, 9.17) is 23.7 Å². The third-order valence-electron chi connectivity index (χ3n) is 11.3. The van der Waals surface area contributed by atoms with Crippen LogP contribution in [0.5, 0.6) is 0 Å². The molecule has 10 atom stereocenters. The number of amides is 1. The molecule has 4 aliphatic rings. The van der Waals surface area contributed by atoms with Gasteiger partial charge in [-0.1, -0.05) is 45.1 Å². The molecule has 0 aromatic rings. The summed E-state index contributed by atoms with van der Waals surface area (Å²) in [4.78, 5) is 30.7. The average Bonchev–Trinajstić information content (AvgIpc) is 3.88. The number of allylic oxidation sites excluding steroid dienone is 2. The second-order valence-electron chi connectivity index (χ2n) is 15.5. The number of cyclic esters (lactones) is 1. The smallest absolute Gasteiger partial charge is 0.410 e. The predicted octanol–water partition coefficient (Wildman–Crippen LogP) is 4.16. The molecule has 12 nitrogen and oxygen atoms in total. The van der Waals surface area contributed by atoms with Crippen LogP contribution in [0.2, 0.25) is 0 Å². The highest BCUT2D eigenvalue weighted by atomic mass is 16.6. The van der Waals surface area contributed by atoms with Crippen LogP contribution in [0.15, 0.2) is 36.0 Å². The van der Waals surface area contributed by atoms with Gasteiger partial charge in [0.25, 0.3) is 0 Å². The molecule has 0 aliphatic carbocycles. The van der Waals surface area contributed by atoms with E-state index in [9.17, 15) is 24.9 Å². The number of esters is 1. The number of hydrogen-bond donors (Lipinski definition) is 3. The molecule has 1 amide bonds. The zero-order chi connectivity index (χ0) is 37.3. The fourth-order valence-corrected chi connectivity index (χ4v) is 7.51. The standard InChI is InChI=1S/C39H64N2O10/c1-8-31(43)28(4)36-32(49-36)25-38(5,46)16-9-10-26(2)35-27(3)11-12-33(39(6,47-7)17-13-30(42)24-34(44)51-35)50-37(45)41-20-18-40(19-21-41)29-14-22-48-23-15-29/h9-12,16,27-33,35-36,42-43,46H,8,13-15,17-25H2,1-7H3/b12-11+,16-9+,26-10+. The van der Waals surface area contributed by atoms with Crippen LogP contribution in [0, 0.1) is 11.8 Å². The van der Waals surface area contributed by atoms with Crippen molar-refractivity contribution in [1.82, 2.24) is 9.80 Å². The van der Waals surface area contributed by atoms with Crippen molar-refractivity contribution in [1.29, 1.82) is 0 Å². The number of carbonyl (C=O) groups excluding carboxylic acids is 2. The second-order valence-corrected chi connectivity index (χ2v) is 15.5. The maximum atomic E-state index is 13.6. The molecule has 290 valence electrons. The lowest BCUT2D eigenvalue weighted by molar-refractivity contribution is -0.151. The van der Waals surface area contributed by atoms with Gasteiger partial charge in [0.1, 0.15) is 11.7 Å². The zero-order valence-electron chi connectivity index (χ0n) is 31.9. The molecule has 3 saturated heterocycles. The van der Waals surface area contributed by atoms with Crippen LogP contribution in [0.1, 0.15) is 86.5 Å². The van der Waals surface area contributed by atoms with Gasteiger partial charge in [-0.25, -0.2) is 4.79 Å². The quantitative estimate of drug-likeness (QED) is 0.122. The lowest BCUT2D eigenvalue weighted by Crippen LogP contribution is -2.54. The molecule has 0 saturated carbocycles. The minimum absolute atomic E-state index is 0.00596. The highest BCUT2D eigenvalue weighted by Gasteiger charge is 2.47. The van der Waals surface area contributed by atoms with E-state index in [0.29, 0.717) is 38.4 Å². The molecule has 3 fully saturated rings. The number of methoxy groups -OCH3 is 1. The number of nitrogens with zero attached hydrogens (tertiary/aromatic N) is 2. The topological polar surface area (TPSA) is 151 Å². The van der Waals surface area contributed by atoms with E-state index >= 15 is 0 Å². The van der Waals surface area contributed by atoms with Crippen molar-refractivity contribution in [2.24, 2.45) is 11.8 Å². The first-order valence-electron chi connectivity index (χ1n) is 19.0. The summed E-state index contributed by atoms with van der Waals surface area (Å²) in [6.07, 6.45) is 8.99. The number of ether oxygens (including phenoxy) is 5. The first-order valence-corrected chi connectivity index (χ1v) is 19.0. The highest BCUT2D eigenvalue weighted by molar-refractivity contribution is 5.70. The molecule has 3 N–H and O–H groups in total. The lowest BCUT2D eigenvalue weighted by atomic mass is 9.88. The minimum Gasteiger partial charge on any atom is -0.457 e. The van der Waals surface area contributed by atoms with Crippen LogP contribution in [0.4, 0.5) is 4.79 Å². The van der Waals surface area contributed by atoms with E-state index in [1.165, 1.54) is 0 Å². The van der Waals surface area contributed by atoms with E-state index in [1.54, 1.807) is 31.1 Å². The monoisotopic (exact) mass is 720 g/mol. The molecular formula is C39H64N2O10. The van der Waals surface area contributed by atoms with Crippen LogP contribution in [0.25, 0.3) is 0 Å². The molecule has 0 radical (unpaired) electrons. The Morgan fingerprint density at radius 3 is 2.51 bits per heavy atom. The number of rotatable bonds is 11. The molecule has 4 aliphatic heterocycles. The minimum atomic E-state index is -1.15. The SMILES string of the molecule is CCC(O)C(C)C1OC1CC(C)(O)/C=C/C=C(\C)C1OC(=O)CC(O)CCC(C)(OC)C(OC(=O)N2CCN(C3CCOCC3)CC2)/C=C/C1C. The number of epoxide rings is 1. The third-order valence-corrected chi connectivity index (χ3v) is 11.3. The summed E-state index contributed by atoms with van der Waals surface area (Å²) < 4.78 is 29.4. The highest BCUT2D eigenvalue weighted by Crippen LogP contribution is 2.38. The number of aliphatic hydroxyl groups excluding tert-OH is 2. The van der Waals surface area contributed by atoms with Gasteiger partial charge in [-0.3, -0.25) is 9.69 Å². The van der Waals surface area contributed by atoms with E-state index in [0.717, 1.165) is 44.7 Å². The van der Waals surface area contributed by atoms with E-state index in [1.807, 2.05) is 52.8 Å². The summed E-state index contributed by atoms with van der Waals surface area (Å²) in [6, 6.07) is 0.485. The van der Waals surface area contributed by atoms with Crippen molar-refractivity contribution in [2.45, 2.75) is 140 Å². The van der Waals surface area contributed by atoms with Crippen molar-refractivity contribution in [3.8, 4) is 0 Å². The van der Waals surface area contributed by atoms with Crippen molar-refractivity contribution >= 4 is 12.1 Å². The molecule has 51 heavy (non-hydrogen) atoms. The van der Waals surface area contributed by atoms with Gasteiger partial charge in [0, 0.05) is 70.8 Å². The molecule has 4 heterocycles. The molecule has 0 spiro atoms. The Bertz CT molecular complexity index is 1220. The van der Waals surface area contributed by atoms with Crippen LogP contribution in [-0.4, -0.2) is 138 Å². The Labute approximate surface area is 304 Å². The number of aliphatic hydroxyl groups is 3. The van der Waals surface area contributed by atoms with Crippen LogP contribution in [-0.2, 0) is 28.5 Å². The average molecular weight is 721 g/mol. The summed E-state index contributed by atoms with van der Waals surface area (Å²) in [5.74, 6) is -0.846. The first kappa shape index (κ1) is 41.4. The maximum Gasteiger partial charge on any atom is 0.410 e. The molecule has 12 heteroatoms. The summed E-state index contributed by atoms with van der Waals surface area (Å²) in [7, 11) is 1.57. The Hall–Kier alpha value is -2.32. The Kier molecular flexibility index (Phi) is 15.1. The molecule has 0 aromatic carbocycles. The van der Waals surface area contributed by atoms with Gasteiger partial charge in [-0.15, -0.1) is 0 Å². The van der Waals surface area contributed by atoms with Gasteiger partial charge in [-0.05, 0) is 64.5 Å². The molecule has 0 aromatic heterocycles. The second kappa shape index (κ2) is 18.6. The van der Waals surface area contributed by atoms with Gasteiger partial charge in [0.15, 0.2) is 6.10 Å². The summed E-state index contributed by atoms with van der Waals surface area (Å²) in [6.45, 7) is 15.5. The van der Waals surface area contributed by atoms with Gasteiger partial charge in [0.2, 0.25) is 0 Å². The van der Waals surface area contributed by atoms with Gasteiger partial charge in [-0.2, -0.15) is 0 Å². The third kappa shape index (κ3) is 11.8. The van der Waals surface area contributed by atoms with E-state index < -0.39 is 47.7 Å². The Morgan fingerprint density at radius 2 is 1.86 bits per heavy atom. The zero-order valence-corrected chi connectivity index (χ0v) is 31.9. The van der Waals surface area contributed by atoms with E-state index in [-0.39, 0.29) is 36.9 Å². The lowest BCUT2D eigenvalue weighted by Gasteiger charge is -2.41. The van der Waals surface area contributed by atoms with Gasteiger partial charge in [0.05, 0.1) is 36.4 Å². The fraction of sp³-hybridized carbons (Fsp3) is 0.795. The first-order chi connectivity index (χ1) is 24.2. The molecular weight excluding hydrogens is 656 g/mol. The van der Waals surface area contributed by atoms with Gasteiger partial charge < -0.3 is 43.9 Å². The Morgan fingerprint density at radius 1 is 1.18 bits per heavy atom.